The molecule has 12 heteroatoms. The Morgan fingerprint density at radius 2 is 1.89 bits per heavy atom. The second kappa shape index (κ2) is 11.3. The van der Waals surface area contributed by atoms with E-state index in [1.807, 2.05) is 30.3 Å². The number of nitrogens with one attached hydrogen (secondary N) is 1. The topological polar surface area (TPSA) is 146 Å². The molecule has 0 saturated carbocycles. The molecule has 188 valence electrons. The predicted molar refractivity (Wildman–Crippen MR) is 126 cm³/mol. The van der Waals surface area contributed by atoms with Gasteiger partial charge in [-0.25, -0.2) is 19.4 Å². The number of thiazole rings is 1. The van der Waals surface area contributed by atoms with Crippen molar-refractivity contribution in [3.8, 4) is 0 Å². The Bertz CT molecular complexity index is 1070. The van der Waals surface area contributed by atoms with Gasteiger partial charge in [0.15, 0.2) is 5.13 Å². The van der Waals surface area contributed by atoms with Gasteiger partial charge < -0.3 is 24.2 Å². The van der Waals surface area contributed by atoms with E-state index in [9.17, 15) is 19.5 Å². The van der Waals surface area contributed by atoms with Crippen LogP contribution in [-0.4, -0.2) is 58.2 Å². The first-order valence-corrected chi connectivity index (χ1v) is 11.7. The van der Waals surface area contributed by atoms with E-state index >= 15 is 0 Å². The SMILES string of the molecule is CC(C)(C)OC(=O)Nc1nc(C(=NOC2(C(=O)OCc3ccccc3)CCOCC2)C(=O)O)cs1. The van der Waals surface area contributed by atoms with Gasteiger partial charge in [0.25, 0.3) is 0 Å². The van der Waals surface area contributed by atoms with Crippen molar-refractivity contribution in [3.05, 3.63) is 47.0 Å². The number of anilines is 1. The third kappa shape index (κ3) is 7.49. The van der Waals surface area contributed by atoms with Crippen LogP contribution >= 0.6 is 11.3 Å². The number of hydrogen-bond acceptors (Lipinski definition) is 10. The normalized spacial score (nSPS) is 15.7. The smallest absolute Gasteiger partial charge is 0.413 e. The average Bonchev–Trinajstić information content (AvgIpc) is 3.25. The van der Waals surface area contributed by atoms with Crippen molar-refractivity contribution in [2.45, 2.75) is 51.4 Å². The molecule has 3 rings (SSSR count). The number of carboxylic acid groups (broad SMARTS) is 1. The van der Waals surface area contributed by atoms with E-state index in [0.717, 1.165) is 16.9 Å². The lowest BCUT2D eigenvalue weighted by Crippen LogP contribution is -2.46. The minimum atomic E-state index is -1.50. The molecule has 0 spiro atoms. The number of benzene rings is 1. The van der Waals surface area contributed by atoms with Crippen molar-refractivity contribution in [2.75, 3.05) is 18.5 Å². The summed E-state index contributed by atoms with van der Waals surface area (Å²) >= 11 is 0.988. The fourth-order valence-electron chi connectivity index (χ4n) is 3.05. The number of ether oxygens (including phenoxy) is 3. The summed E-state index contributed by atoms with van der Waals surface area (Å²) in [6, 6.07) is 9.14. The zero-order chi connectivity index (χ0) is 25.5. The molecule has 1 aliphatic heterocycles. The number of carboxylic acids is 1. The molecule has 11 nitrogen and oxygen atoms in total. The quantitative estimate of drug-likeness (QED) is 0.312. The number of amides is 1. The summed E-state index contributed by atoms with van der Waals surface area (Å²) in [5.41, 5.74) is -1.99. The lowest BCUT2D eigenvalue weighted by molar-refractivity contribution is -0.186. The summed E-state index contributed by atoms with van der Waals surface area (Å²) in [7, 11) is 0. The van der Waals surface area contributed by atoms with Crippen LogP contribution in [0.5, 0.6) is 0 Å². The van der Waals surface area contributed by atoms with Crippen molar-refractivity contribution in [3.63, 3.8) is 0 Å². The van der Waals surface area contributed by atoms with Gasteiger partial charge in [-0.3, -0.25) is 5.32 Å². The van der Waals surface area contributed by atoms with Gasteiger partial charge in [0, 0.05) is 18.2 Å². The second-order valence-corrected chi connectivity index (χ2v) is 9.53. The first kappa shape index (κ1) is 26.1. The van der Waals surface area contributed by atoms with Crippen LogP contribution in [0.1, 0.15) is 44.9 Å². The molecular weight excluding hydrogens is 478 g/mol. The van der Waals surface area contributed by atoms with Crippen LogP contribution < -0.4 is 5.32 Å². The van der Waals surface area contributed by atoms with Gasteiger partial charge in [0.2, 0.25) is 11.3 Å². The minimum absolute atomic E-state index is 0.0346. The number of rotatable bonds is 8. The fraction of sp³-hybridized carbons (Fsp3) is 0.435. The maximum Gasteiger partial charge on any atom is 0.413 e. The van der Waals surface area contributed by atoms with Crippen LogP contribution in [0.2, 0.25) is 0 Å². The second-order valence-electron chi connectivity index (χ2n) is 8.67. The molecule has 1 fully saturated rings. The van der Waals surface area contributed by atoms with E-state index in [2.05, 4.69) is 15.5 Å². The summed E-state index contributed by atoms with van der Waals surface area (Å²) in [4.78, 5) is 46.4. The molecule has 0 unspecified atom stereocenters. The van der Waals surface area contributed by atoms with E-state index in [-0.39, 0.29) is 43.5 Å². The molecule has 1 saturated heterocycles. The molecule has 2 aromatic rings. The standard InChI is InChI=1S/C23H27N3O8S/c1-22(2,3)33-21(30)25-20-24-16(14-35-20)17(18(27)28)26-34-23(9-11-31-12-10-23)19(29)32-13-15-7-5-4-6-8-15/h4-8,14H,9-13H2,1-3H3,(H,27,28)(H,24,25,30). The fourth-order valence-corrected chi connectivity index (χ4v) is 3.73. The van der Waals surface area contributed by atoms with Crippen LogP contribution in [0.15, 0.2) is 40.9 Å². The number of aliphatic carboxylic acids is 1. The maximum atomic E-state index is 13.0. The number of carbonyl (C=O) groups is 3. The molecule has 35 heavy (non-hydrogen) atoms. The molecule has 0 atom stereocenters. The highest BCUT2D eigenvalue weighted by Crippen LogP contribution is 2.28. The number of nitrogens with zero attached hydrogens (tertiary/aromatic N) is 2. The lowest BCUT2D eigenvalue weighted by atomic mass is 9.94. The first-order valence-electron chi connectivity index (χ1n) is 10.8. The number of aromatic nitrogens is 1. The van der Waals surface area contributed by atoms with Crippen molar-refractivity contribution in [1.82, 2.24) is 4.98 Å². The highest BCUT2D eigenvalue weighted by Gasteiger charge is 2.45. The lowest BCUT2D eigenvalue weighted by Gasteiger charge is -2.32. The summed E-state index contributed by atoms with van der Waals surface area (Å²) in [5, 5.41) is 17.4. The summed E-state index contributed by atoms with van der Waals surface area (Å²) in [5.74, 6) is -2.08. The first-order chi connectivity index (χ1) is 16.6. The van der Waals surface area contributed by atoms with Crippen molar-refractivity contribution in [1.29, 1.82) is 0 Å². The van der Waals surface area contributed by atoms with Crippen molar-refractivity contribution in [2.24, 2.45) is 5.16 Å². The summed E-state index contributed by atoms with van der Waals surface area (Å²) < 4.78 is 15.9. The Kier molecular flexibility index (Phi) is 8.41. The minimum Gasteiger partial charge on any atom is -0.476 e. The Hall–Kier alpha value is -3.51. The third-order valence-electron chi connectivity index (χ3n) is 4.75. The van der Waals surface area contributed by atoms with Crippen molar-refractivity contribution >= 4 is 40.2 Å². The largest absolute Gasteiger partial charge is 0.476 e. The van der Waals surface area contributed by atoms with Gasteiger partial charge in [-0.05, 0) is 26.3 Å². The van der Waals surface area contributed by atoms with Crippen LogP contribution in [0.4, 0.5) is 9.93 Å². The highest BCUT2D eigenvalue weighted by atomic mass is 32.1. The summed E-state index contributed by atoms with van der Waals surface area (Å²) in [6.07, 6.45) is -0.454. The van der Waals surface area contributed by atoms with E-state index < -0.39 is 34.9 Å². The molecular formula is C23H27N3O8S. The van der Waals surface area contributed by atoms with Crippen LogP contribution in [0.25, 0.3) is 0 Å². The molecule has 0 radical (unpaired) electrons. The Labute approximate surface area is 206 Å². The molecule has 0 bridgehead atoms. The van der Waals surface area contributed by atoms with Gasteiger partial charge in [0.05, 0.1) is 13.2 Å². The Morgan fingerprint density at radius 1 is 1.20 bits per heavy atom. The molecule has 2 heterocycles. The molecule has 1 aromatic carbocycles. The predicted octanol–water partition coefficient (Wildman–Crippen LogP) is 3.59. The molecule has 1 aliphatic rings. The summed E-state index contributed by atoms with van der Waals surface area (Å²) in [6.45, 7) is 5.61. The monoisotopic (exact) mass is 505 g/mol. The maximum absolute atomic E-state index is 13.0. The van der Waals surface area contributed by atoms with Gasteiger partial charge in [-0.1, -0.05) is 35.5 Å². The zero-order valence-electron chi connectivity index (χ0n) is 19.6. The molecule has 0 aliphatic carbocycles. The van der Waals surface area contributed by atoms with Gasteiger partial charge >= 0.3 is 18.0 Å². The number of hydrogen-bond donors (Lipinski definition) is 2. The number of esters is 1. The molecule has 1 amide bonds. The highest BCUT2D eigenvalue weighted by molar-refractivity contribution is 7.14. The van der Waals surface area contributed by atoms with Crippen LogP contribution in [0.3, 0.4) is 0 Å². The average molecular weight is 506 g/mol. The molecule has 1 aromatic heterocycles. The van der Waals surface area contributed by atoms with Gasteiger partial charge in [-0.15, -0.1) is 11.3 Å². The number of oxime groups is 1. The molecule has 2 N–H and O–H groups in total. The van der Waals surface area contributed by atoms with E-state index in [1.54, 1.807) is 20.8 Å². The van der Waals surface area contributed by atoms with Crippen LogP contribution in [-0.2, 0) is 35.2 Å². The zero-order valence-corrected chi connectivity index (χ0v) is 20.4. The van der Waals surface area contributed by atoms with E-state index in [0.29, 0.717) is 0 Å². The van der Waals surface area contributed by atoms with Gasteiger partial charge in [-0.2, -0.15) is 0 Å². The van der Waals surface area contributed by atoms with Crippen LogP contribution in [0, 0.1) is 0 Å². The van der Waals surface area contributed by atoms with E-state index in [4.69, 9.17) is 19.0 Å². The third-order valence-corrected chi connectivity index (χ3v) is 5.51. The van der Waals surface area contributed by atoms with Gasteiger partial charge in [0.1, 0.15) is 17.9 Å². The van der Waals surface area contributed by atoms with E-state index in [1.165, 1.54) is 5.38 Å². The Morgan fingerprint density at radius 3 is 2.51 bits per heavy atom. The number of carbonyl (C=O) groups excluding carboxylic acids is 2. The Balaban J connectivity index is 1.74. The van der Waals surface area contributed by atoms with Crippen molar-refractivity contribution < 1.29 is 38.5 Å².